The molecule has 4 nitrogen and oxygen atoms in total. The highest BCUT2D eigenvalue weighted by Gasteiger charge is 2.49. The highest BCUT2D eigenvalue weighted by Crippen LogP contribution is 2.43. The van der Waals surface area contributed by atoms with Gasteiger partial charge in [-0.2, -0.15) is 0 Å². The normalized spacial score (nSPS) is 33.2. The lowest BCUT2D eigenvalue weighted by Crippen LogP contribution is -2.49. The van der Waals surface area contributed by atoms with Gasteiger partial charge in [0.15, 0.2) is 19.9 Å². The van der Waals surface area contributed by atoms with Gasteiger partial charge in [-0.1, -0.05) is 33.3 Å². The minimum absolute atomic E-state index is 0.0400. The number of rotatable bonds is 3. The van der Waals surface area contributed by atoms with E-state index in [-0.39, 0.29) is 28.9 Å². The van der Waals surface area contributed by atoms with E-state index < -0.39 is 14.1 Å². The zero-order valence-corrected chi connectivity index (χ0v) is 17.5. The smallest absolute Gasteiger partial charge is 0.192 e. The van der Waals surface area contributed by atoms with Gasteiger partial charge in [-0.3, -0.25) is 4.79 Å². The van der Waals surface area contributed by atoms with Gasteiger partial charge in [0, 0.05) is 25.2 Å². The molecule has 0 amide bonds. The summed E-state index contributed by atoms with van der Waals surface area (Å²) in [4.78, 5) is 12.1. The van der Waals surface area contributed by atoms with Crippen LogP contribution in [0.1, 0.15) is 59.3 Å². The van der Waals surface area contributed by atoms with Gasteiger partial charge >= 0.3 is 0 Å². The molecule has 0 aromatic rings. The summed E-state index contributed by atoms with van der Waals surface area (Å²) in [6, 6.07) is 0. The molecule has 0 radical (unpaired) electrons. The van der Waals surface area contributed by atoms with Crippen LogP contribution in [0.2, 0.25) is 18.1 Å². The Morgan fingerprint density at radius 2 is 1.88 bits per heavy atom. The van der Waals surface area contributed by atoms with Crippen molar-refractivity contribution in [2.24, 2.45) is 5.92 Å². The molecule has 1 spiro atoms. The summed E-state index contributed by atoms with van der Waals surface area (Å²) in [7, 11) is -1.91. The standard InChI is InChI=1S/C20H34O4Si/c1-19(2,3)25(4,5)24-17-10-9-15(21)13-16(17)18-14-22-20(23-18)11-7-6-8-12-20/h9-10,16-18H,6-8,11-14H2,1-5H3/t16-,17-,18+/m0/s1. The van der Waals surface area contributed by atoms with Gasteiger partial charge in [0.1, 0.15) is 0 Å². The van der Waals surface area contributed by atoms with Crippen LogP contribution in [0.25, 0.3) is 0 Å². The molecule has 2 fully saturated rings. The van der Waals surface area contributed by atoms with Crippen LogP contribution in [0.3, 0.4) is 0 Å². The first kappa shape index (κ1) is 19.3. The zero-order chi connectivity index (χ0) is 18.3. The first-order valence-electron chi connectivity index (χ1n) is 9.83. The van der Waals surface area contributed by atoms with Crippen molar-refractivity contribution in [3.05, 3.63) is 12.2 Å². The van der Waals surface area contributed by atoms with Gasteiger partial charge in [0.2, 0.25) is 0 Å². The Morgan fingerprint density at radius 3 is 2.52 bits per heavy atom. The maximum atomic E-state index is 12.1. The molecule has 0 aromatic carbocycles. The van der Waals surface area contributed by atoms with Crippen molar-refractivity contribution in [2.75, 3.05) is 6.61 Å². The predicted molar refractivity (Wildman–Crippen MR) is 101 cm³/mol. The topological polar surface area (TPSA) is 44.8 Å². The van der Waals surface area contributed by atoms with E-state index in [4.69, 9.17) is 13.9 Å². The minimum atomic E-state index is -1.91. The van der Waals surface area contributed by atoms with Crippen molar-refractivity contribution in [3.63, 3.8) is 0 Å². The Bertz CT molecular complexity index is 528. The first-order valence-corrected chi connectivity index (χ1v) is 12.7. The predicted octanol–water partition coefficient (Wildman–Crippen LogP) is 4.60. The van der Waals surface area contributed by atoms with Crippen LogP contribution in [0.15, 0.2) is 12.2 Å². The van der Waals surface area contributed by atoms with Crippen LogP contribution in [-0.4, -0.2) is 38.7 Å². The number of allylic oxidation sites excluding steroid dienone is 1. The molecule has 5 heteroatoms. The van der Waals surface area contributed by atoms with Crippen LogP contribution < -0.4 is 0 Å². The van der Waals surface area contributed by atoms with Gasteiger partial charge in [-0.05, 0) is 37.0 Å². The summed E-state index contributed by atoms with van der Waals surface area (Å²) in [5.41, 5.74) is 0. The molecule has 0 N–H and O–H groups in total. The maximum absolute atomic E-state index is 12.1. The molecule has 0 bridgehead atoms. The van der Waals surface area contributed by atoms with Crippen LogP contribution in [0.5, 0.6) is 0 Å². The van der Waals surface area contributed by atoms with Crippen molar-refractivity contribution >= 4 is 14.1 Å². The highest BCUT2D eigenvalue weighted by molar-refractivity contribution is 6.74. The lowest BCUT2D eigenvalue weighted by Gasteiger charge is -2.42. The van der Waals surface area contributed by atoms with E-state index in [0.717, 1.165) is 12.8 Å². The number of carbonyl (C=O) groups excluding carboxylic acids is 1. The summed E-state index contributed by atoms with van der Waals surface area (Å²) in [5, 5.41) is 0.143. The Kier molecular flexibility index (Phi) is 5.33. The molecule has 0 aromatic heterocycles. The van der Waals surface area contributed by atoms with Crippen LogP contribution in [0.4, 0.5) is 0 Å². The largest absolute Gasteiger partial charge is 0.410 e. The molecule has 2 aliphatic carbocycles. The molecule has 25 heavy (non-hydrogen) atoms. The SMILES string of the molecule is CC(C)(C)[Si](C)(C)O[C@H]1C=CC(=O)C[C@@H]1[C@H]1COC2(CCCCC2)O1. The number of hydrogen-bond donors (Lipinski definition) is 0. The van der Waals surface area contributed by atoms with Gasteiger partial charge in [-0.15, -0.1) is 0 Å². The molecule has 1 heterocycles. The van der Waals surface area contributed by atoms with Crippen molar-refractivity contribution < 1.29 is 18.7 Å². The monoisotopic (exact) mass is 366 g/mol. The van der Waals surface area contributed by atoms with E-state index in [1.165, 1.54) is 19.3 Å². The first-order chi connectivity index (χ1) is 11.6. The zero-order valence-electron chi connectivity index (χ0n) is 16.5. The fraction of sp³-hybridized carbons (Fsp3) is 0.850. The second kappa shape index (κ2) is 6.91. The maximum Gasteiger partial charge on any atom is 0.192 e. The highest BCUT2D eigenvalue weighted by atomic mass is 28.4. The van der Waals surface area contributed by atoms with E-state index >= 15 is 0 Å². The van der Waals surface area contributed by atoms with Crippen molar-refractivity contribution in [1.82, 2.24) is 0 Å². The molecule has 142 valence electrons. The average Bonchev–Trinajstić information content (AvgIpc) is 2.92. The Hall–Kier alpha value is -0.493. The van der Waals surface area contributed by atoms with Crippen LogP contribution in [0, 0.1) is 5.92 Å². The van der Waals surface area contributed by atoms with Gasteiger partial charge < -0.3 is 13.9 Å². The minimum Gasteiger partial charge on any atom is -0.410 e. The van der Waals surface area contributed by atoms with Crippen molar-refractivity contribution in [2.45, 2.75) is 95.4 Å². The average molecular weight is 367 g/mol. The summed E-state index contributed by atoms with van der Waals surface area (Å²) in [6.45, 7) is 11.9. The molecular formula is C20H34O4Si. The van der Waals surface area contributed by atoms with E-state index in [2.05, 4.69) is 33.9 Å². The van der Waals surface area contributed by atoms with Crippen molar-refractivity contribution in [3.8, 4) is 0 Å². The Labute approximate surface area is 153 Å². The van der Waals surface area contributed by atoms with Crippen LogP contribution in [-0.2, 0) is 18.7 Å². The third-order valence-electron chi connectivity index (χ3n) is 6.54. The van der Waals surface area contributed by atoms with Gasteiger partial charge in [0.05, 0.1) is 18.8 Å². The molecule has 3 rings (SSSR count). The summed E-state index contributed by atoms with van der Waals surface area (Å²) in [6.07, 6.45) is 9.63. The summed E-state index contributed by atoms with van der Waals surface area (Å²) in [5.74, 6) is -0.157. The number of ether oxygens (including phenoxy) is 2. The molecule has 3 atom stereocenters. The lowest BCUT2D eigenvalue weighted by molar-refractivity contribution is -0.194. The summed E-state index contributed by atoms with van der Waals surface area (Å²) < 4.78 is 19.2. The Morgan fingerprint density at radius 1 is 1.20 bits per heavy atom. The quantitative estimate of drug-likeness (QED) is 0.685. The second-order valence-corrected chi connectivity index (χ2v) is 14.2. The molecule has 1 saturated carbocycles. The molecule has 3 aliphatic rings. The molecule has 0 unspecified atom stereocenters. The van der Waals surface area contributed by atoms with Crippen molar-refractivity contribution in [1.29, 1.82) is 0 Å². The van der Waals surface area contributed by atoms with E-state index in [9.17, 15) is 4.79 Å². The van der Waals surface area contributed by atoms with E-state index in [1.54, 1.807) is 6.08 Å². The van der Waals surface area contributed by atoms with Gasteiger partial charge in [0.25, 0.3) is 0 Å². The lowest BCUT2D eigenvalue weighted by atomic mass is 9.86. The van der Waals surface area contributed by atoms with E-state index in [1.807, 2.05) is 6.08 Å². The third-order valence-corrected chi connectivity index (χ3v) is 11.0. The number of carbonyl (C=O) groups is 1. The molecule has 1 saturated heterocycles. The molecular weight excluding hydrogens is 332 g/mol. The fourth-order valence-electron chi connectivity index (χ4n) is 3.89. The van der Waals surface area contributed by atoms with Gasteiger partial charge in [-0.25, -0.2) is 0 Å². The fourth-order valence-corrected chi connectivity index (χ4v) is 5.18. The van der Waals surface area contributed by atoms with Crippen LogP contribution >= 0.6 is 0 Å². The third kappa shape index (κ3) is 4.10. The number of hydrogen-bond acceptors (Lipinski definition) is 4. The number of ketones is 1. The van der Waals surface area contributed by atoms with E-state index in [0.29, 0.717) is 13.0 Å². The molecule has 1 aliphatic heterocycles. The Balaban J connectivity index is 1.74. The summed E-state index contributed by atoms with van der Waals surface area (Å²) >= 11 is 0. The second-order valence-electron chi connectivity index (χ2n) is 9.47.